The molecular weight excluding hydrogens is 823 g/mol. The first kappa shape index (κ1) is 39.9. The van der Waals surface area contributed by atoms with Gasteiger partial charge in [0.15, 0.2) is 0 Å². The fourth-order valence-corrected chi connectivity index (χ4v) is 11.6. The van der Waals surface area contributed by atoms with E-state index < -0.39 is 5.41 Å². The summed E-state index contributed by atoms with van der Waals surface area (Å²) in [5.41, 5.74) is 21.0. The van der Waals surface area contributed by atoms with Crippen molar-refractivity contribution in [3.05, 3.63) is 294 Å². The topological polar surface area (TPSA) is 16.4 Å². The molecule has 1 aromatic heterocycles. The molecule has 1 heterocycles. The molecule has 2 atom stereocenters. The highest BCUT2D eigenvalue weighted by Crippen LogP contribution is 2.66. The van der Waals surface area contributed by atoms with Gasteiger partial charge in [0.2, 0.25) is 0 Å². The molecule has 2 heteroatoms. The summed E-state index contributed by atoms with van der Waals surface area (Å²) in [6.07, 6.45) is 1.98. The van der Waals surface area contributed by atoms with Crippen molar-refractivity contribution in [3.8, 4) is 44.7 Å². The van der Waals surface area contributed by atoms with Crippen LogP contribution >= 0.6 is 0 Å². The molecule has 0 amide bonds. The molecule has 0 bridgehead atoms. The number of hydrogen-bond acceptors (Lipinski definition) is 2. The van der Waals surface area contributed by atoms with E-state index in [-0.39, 0.29) is 5.92 Å². The monoisotopic (exact) mass is 869 g/mol. The smallest absolute Gasteiger partial charge is 0.140 e. The van der Waals surface area contributed by atoms with Crippen molar-refractivity contribution in [1.82, 2.24) is 0 Å². The van der Waals surface area contributed by atoms with Crippen LogP contribution in [0.4, 0.5) is 17.1 Å². The number of nitrogens with zero attached hydrogens (tertiary/aromatic N) is 1. The molecule has 0 fully saturated rings. The van der Waals surface area contributed by atoms with Crippen molar-refractivity contribution in [2.24, 2.45) is 0 Å². The summed E-state index contributed by atoms with van der Waals surface area (Å²) in [5.74, 6) is 1.15. The van der Waals surface area contributed by atoms with Crippen LogP contribution in [0.3, 0.4) is 0 Å². The first-order valence-corrected chi connectivity index (χ1v) is 23.8. The number of benzene rings is 10. The molecule has 322 valence electrons. The lowest BCUT2D eigenvalue weighted by Crippen LogP contribution is -2.26. The molecule has 2 aliphatic carbocycles. The third-order valence-electron chi connectivity index (χ3n) is 14.6. The maximum atomic E-state index is 7.08. The second kappa shape index (κ2) is 16.5. The fraction of sp³-hybridized carbons (Fsp3) is 0.0606. The number of aryl methyl sites for hydroxylation is 1. The first-order chi connectivity index (χ1) is 33.7. The van der Waals surface area contributed by atoms with Gasteiger partial charge in [0.05, 0.1) is 11.1 Å². The average molecular weight is 870 g/mol. The molecule has 0 radical (unpaired) electrons. The van der Waals surface area contributed by atoms with E-state index >= 15 is 0 Å². The Labute approximate surface area is 398 Å². The van der Waals surface area contributed by atoms with Crippen molar-refractivity contribution in [1.29, 1.82) is 0 Å². The van der Waals surface area contributed by atoms with Crippen LogP contribution in [0.15, 0.2) is 259 Å². The van der Waals surface area contributed by atoms with E-state index in [1.54, 1.807) is 0 Å². The Bertz CT molecular complexity index is 3610. The summed E-state index contributed by atoms with van der Waals surface area (Å²) < 4.78 is 7.08. The zero-order chi connectivity index (χ0) is 45.0. The molecule has 10 aromatic carbocycles. The van der Waals surface area contributed by atoms with E-state index in [0.717, 1.165) is 57.8 Å². The maximum Gasteiger partial charge on any atom is 0.140 e. The highest BCUT2D eigenvalue weighted by atomic mass is 16.3. The molecule has 0 saturated heterocycles. The van der Waals surface area contributed by atoms with Crippen molar-refractivity contribution >= 4 is 28.0 Å². The highest BCUT2D eigenvalue weighted by Gasteiger charge is 2.55. The van der Waals surface area contributed by atoms with Gasteiger partial charge >= 0.3 is 0 Å². The van der Waals surface area contributed by atoms with Crippen LogP contribution in [0.2, 0.25) is 0 Å². The first-order valence-electron chi connectivity index (χ1n) is 23.8. The van der Waals surface area contributed by atoms with Crippen molar-refractivity contribution in [2.45, 2.75) is 24.2 Å². The Morgan fingerprint density at radius 2 is 0.971 bits per heavy atom. The molecule has 11 aromatic rings. The third kappa shape index (κ3) is 6.40. The van der Waals surface area contributed by atoms with Crippen LogP contribution in [0.5, 0.6) is 0 Å². The average Bonchev–Trinajstić information content (AvgIpc) is 4.04. The highest BCUT2D eigenvalue weighted by molar-refractivity contribution is 6.03. The fourth-order valence-electron chi connectivity index (χ4n) is 11.6. The Kier molecular flexibility index (Phi) is 9.65. The minimum atomic E-state index is -0.655. The lowest BCUT2D eigenvalue weighted by Gasteiger charge is -2.33. The maximum absolute atomic E-state index is 7.08. The summed E-state index contributed by atoms with van der Waals surface area (Å²) in [6.45, 7) is 0. The molecule has 2 unspecified atom stereocenters. The second-order valence-corrected chi connectivity index (χ2v) is 18.3. The van der Waals surface area contributed by atoms with Gasteiger partial charge in [0.1, 0.15) is 11.3 Å². The molecule has 13 rings (SSSR count). The lowest BCUT2D eigenvalue weighted by molar-refractivity contribution is 0.628. The Morgan fingerprint density at radius 1 is 0.397 bits per heavy atom. The van der Waals surface area contributed by atoms with Crippen LogP contribution in [-0.4, -0.2) is 0 Å². The number of rotatable bonds is 10. The minimum absolute atomic E-state index is 0.194. The number of furan rings is 1. The van der Waals surface area contributed by atoms with E-state index in [4.69, 9.17) is 4.42 Å². The van der Waals surface area contributed by atoms with Gasteiger partial charge in [0, 0.05) is 39.4 Å². The van der Waals surface area contributed by atoms with Gasteiger partial charge in [-0.05, 0) is 117 Å². The minimum Gasteiger partial charge on any atom is -0.456 e. The van der Waals surface area contributed by atoms with Crippen molar-refractivity contribution in [2.75, 3.05) is 4.90 Å². The largest absolute Gasteiger partial charge is 0.456 e. The van der Waals surface area contributed by atoms with Gasteiger partial charge < -0.3 is 9.32 Å². The Morgan fingerprint density at radius 3 is 1.75 bits per heavy atom. The Hall–Kier alpha value is -8.46. The summed E-state index contributed by atoms with van der Waals surface area (Å²) in [7, 11) is 0. The van der Waals surface area contributed by atoms with Gasteiger partial charge in [-0.1, -0.05) is 212 Å². The normalized spacial score (nSPS) is 14.6. The number of para-hydroxylation sites is 2. The van der Waals surface area contributed by atoms with Gasteiger partial charge in [0.25, 0.3) is 0 Å². The van der Waals surface area contributed by atoms with E-state index in [1.165, 1.54) is 66.8 Å². The van der Waals surface area contributed by atoms with Crippen LogP contribution in [0.1, 0.15) is 51.3 Å². The number of anilines is 3. The molecule has 0 N–H and O–H groups in total. The van der Waals surface area contributed by atoms with E-state index in [1.807, 2.05) is 0 Å². The molecule has 0 aliphatic heterocycles. The zero-order valence-electron chi connectivity index (χ0n) is 37.6. The van der Waals surface area contributed by atoms with E-state index in [2.05, 4.69) is 260 Å². The SMILES string of the molecule is c1ccc(CCC(c2ccccc2)c2ccc3c(c2)C2(c4ccccc4-3)c3cc(N(c4ccc(-c5ccccc5)cc4)c4ccccc4-c4ccccc4)ccc3-c3oc4ccccc4c32)cc1. The standard InChI is InChI=1S/C66H47NO/c1-5-19-45(20-6-1)33-40-53(48-23-9-3-10-24-48)50-36-41-56-55-28-13-16-30-59(55)66(60(56)43-50)61-44-52(39-42-57(61)65-64(66)58-29-15-18-32-63(58)68-65)67(51-37-34-47(35-38-51)46-21-7-2-8-22-46)62-31-17-14-27-54(62)49-25-11-4-12-26-49/h1-32,34-39,41-44,53H,33,40H2. The van der Waals surface area contributed by atoms with Crippen LogP contribution in [-0.2, 0) is 11.8 Å². The van der Waals surface area contributed by atoms with Gasteiger partial charge in [-0.25, -0.2) is 0 Å². The van der Waals surface area contributed by atoms with E-state index in [9.17, 15) is 0 Å². The zero-order valence-corrected chi connectivity index (χ0v) is 37.6. The lowest BCUT2D eigenvalue weighted by atomic mass is 9.69. The van der Waals surface area contributed by atoms with Gasteiger partial charge in [-0.2, -0.15) is 0 Å². The molecule has 68 heavy (non-hydrogen) atoms. The predicted molar refractivity (Wildman–Crippen MR) is 281 cm³/mol. The molecular formula is C66H47NO. The summed E-state index contributed by atoms with van der Waals surface area (Å²) in [6, 6.07) is 93.6. The van der Waals surface area contributed by atoms with Crippen LogP contribution < -0.4 is 4.90 Å². The molecule has 2 nitrogen and oxygen atoms in total. The molecule has 0 saturated carbocycles. The molecule has 1 spiro atoms. The summed E-state index contributed by atoms with van der Waals surface area (Å²) >= 11 is 0. The van der Waals surface area contributed by atoms with Crippen molar-refractivity contribution < 1.29 is 4.42 Å². The van der Waals surface area contributed by atoms with E-state index in [0.29, 0.717) is 0 Å². The van der Waals surface area contributed by atoms with Crippen molar-refractivity contribution in [3.63, 3.8) is 0 Å². The van der Waals surface area contributed by atoms with Gasteiger partial charge in [-0.15, -0.1) is 0 Å². The Balaban J connectivity index is 1.06. The summed E-state index contributed by atoms with van der Waals surface area (Å²) in [5, 5.41) is 1.15. The van der Waals surface area contributed by atoms with Gasteiger partial charge in [-0.3, -0.25) is 0 Å². The van der Waals surface area contributed by atoms with Crippen LogP contribution in [0, 0.1) is 0 Å². The molecule has 2 aliphatic rings. The predicted octanol–water partition coefficient (Wildman–Crippen LogP) is 17.3. The van der Waals surface area contributed by atoms with Crippen LogP contribution in [0.25, 0.3) is 55.7 Å². The quantitative estimate of drug-likeness (QED) is 0.136. The second-order valence-electron chi connectivity index (χ2n) is 18.3. The third-order valence-corrected chi connectivity index (χ3v) is 14.6. The number of hydrogen-bond donors (Lipinski definition) is 0. The number of fused-ring (bicyclic) bond motifs is 12. The summed E-state index contributed by atoms with van der Waals surface area (Å²) in [4.78, 5) is 2.45.